The van der Waals surface area contributed by atoms with Crippen LogP contribution in [0.2, 0.25) is 0 Å². The van der Waals surface area contributed by atoms with Crippen LogP contribution < -0.4 is 5.32 Å². The summed E-state index contributed by atoms with van der Waals surface area (Å²) in [4.78, 5) is 4.70. The molecule has 1 saturated heterocycles. The maximum atomic E-state index is 3.31. The first kappa shape index (κ1) is 11.0. The molecule has 0 radical (unpaired) electrons. The first-order valence-corrected chi connectivity index (χ1v) is 5.22. The summed E-state index contributed by atoms with van der Waals surface area (Å²) >= 11 is 0. The van der Waals surface area contributed by atoms with Gasteiger partial charge in [0.05, 0.1) is 0 Å². The molecule has 0 aromatic carbocycles. The molecule has 0 aromatic heterocycles. The highest BCUT2D eigenvalue weighted by Gasteiger charge is 2.17. The Balaban J connectivity index is 1.93. The lowest BCUT2D eigenvalue weighted by molar-refractivity contribution is 0.216. The molecule has 0 bridgehead atoms. The number of rotatable bonds is 6. The summed E-state index contributed by atoms with van der Waals surface area (Å²) in [7, 11) is 6.50. The third kappa shape index (κ3) is 4.60. The second-order valence-corrected chi connectivity index (χ2v) is 4.44. The van der Waals surface area contributed by atoms with E-state index in [2.05, 4.69) is 36.3 Å². The lowest BCUT2D eigenvalue weighted by Gasteiger charge is -2.31. The Labute approximate surface area is 82.1 Å². The Morgan fingerprint density at radius 1 is 1.15 bits per heavy atom. The molecule has 0 spiro atoms. The number of nitrogens with one attached hydrogen (secondary N) is 1. The molecular weight excluding hydrogens is 162 g/mol. The average molecular weight is 185 g/mol. The second kappa shape index (κ2) is 5.58. The molecule has 0 saturated carbocycles. The van der Waals surface area contributed by atoms with Crippen LogP contribution in [-0.4, -0.2) is 63.7 Å². The standard InChI is InChI=1S/C10H23N3/c1-12(2)5-4-6-13(3)9-10-7-11-8-10/h10-11H,4-9H2,1-3H3. The minimum absolute atomic E-state index is 0.907. The zero-order chi connectivity index (χ0) is 9.68. The fourth-order valence-electron chi connectivity index (χ4n) is 1.67. The van der Waals surface area contributed by atoms with Gasteiger partial charge >= 0.3 is 0 Å². The Kier molecular flexibility index (Phi) is 4.70. The highest BCUT2D eigenvalue weighted by atomic mass is 15.1. The van der Waals surface area contributed by atoms with Gasteiger partial charge in [0.2, 0.25) is 0 Å². The van der Waals surface area contributed by atoms with Gasteiger partial charge in [0, 0.05) is 19.6 Å². The van der Waals surface area contributed by atoms with Gasteiger partial charge in [-0.1, -0.05) is 0 Å². The van der Waals surface area contributed by atoms with E-state index >= 15 is 0 Å². The molecule has 1 rings (SSSR count). The van der Waals surface area contributed by atoms with Crippen LogP contribution in [0.5, 0.6) is 0 Å². The van der Waals surface area contributed by atoms with Gasteiger partial charge in [-0.2, -0.15) is 0 Å². The molecule has 13 heavy (non-hydrogen) atoms. The molecule has 0 atom stereocenters. The fraction of sp³-hybridized carbons (Fsp3) is 1.00. The van der Waals surface area contributed by atoms with E-state index in [0.717, 1.165) is 5.92 Å². The molecule has 0 aromatic rings. The molecule has 0 unspecified atom stereocenters. The highest BCUT2D eigenvalue weighted by molar-refractivity contribution is 4.76. The smallest absolute Gasteiger partial charge is 0.00309 e. The van der Waals surface area contributed by atoms with E-state index in [4.69, 9.17) is 0 Å². The maximum absolute atomic E-state index is 3.31. The van der Waals surface area contributed by atoms with Gasteiger partial charge in [-0.3, -0.25) is 0 Å². The van der Waals surface area contributed by atoms with Gasteiger partial charge in [0.15, 0.2) is 0 Å². The first-order chi connectivity index (χ1) is 6.18. The van der Waals surface area contributed by atoms with E-state index < -0.39 is 0 Å². The van der Waals surface area contributed by atoms with Crippen molar-refractivity contribution in [3.63, 3.8) is 0 Å². The van der Waals surface area contributed by atoms with E-state index in [-0.39, 0.29) is 0 Å². The lowest BCUT2D eigenvalue weighted by atomic mass is 10.0. The fourth-order valence-corrected chi connectivity index (χ4v) is 1.67. The van der Waals surface area contributed by atoms with Crippen LogP contribution in [0.25, 0.3) is 0 Å². The van der Waals surface area contributed by atoms with Gasteiger partial charge in [-0.25, -0.2) is 0 Å². The molecule has 78 valence electrons. The van der Waals surface area contributed by atoms with Crippen LogP contribution in [0.3, 0.4) is 0 Å². The summed E-state index contributed by atoms with van der Waals surface area (Å²) in [5, 5.41) is 3.31. The summed E-state index contributed by atoms with van der Waals surface area (Å²) in [5.74, 6) is 0.907. The Bertz CT molecular complexity index is 132. The number of hydrogen-bond donors (Lipinski definition) is 1. The van der Waals surface area contributed by atoms with Crippen LogP contribution in [0.15, 0.2) is 0 Å². The summed E-state index contributed by atoms with van der Waals surface area (Å²) < 4.78 is 0. The van der Waals surface area contributed by atoms with Crippen molar-refractivity contribution in [1.82, 2.24) is 15.1 Å². The van der Waals surface area contributed by atoms with Crippen molar-refractivity contribution in [3.05, 3.63) is 0 Å². The van der Waals surface area contributed by atoms with Crippen molar-refractivity contribution in [3.8, 4) is 0 Å². The van der Waals surface area contributed by atoms with Crippen molar-refractivity contribution in [2.75, 3.05) is 53.9 Å². The average Bonchev–Trinajstić information content (AvgIpc) is 1.96. The second-order valence-electron chi connectivity index (χ2n) is 4.44. The molecule has 3 heteroatoms. The summed E-state index contributed by atoms with van der Waals surface area (Å²) in [6.07, 6.45) is 1.28. The van der Waals surface area contributed by atoms with E-state index in [1.165, 1.54) is 39.1 Å². The molecule has 1 fully saturated rings. The Morgan fingerprint density at radius 3 is 2.31 bits per heavy atom. The number of nitrogens with zero attached hydrogens (tertiary/aromatic N) is 2. The molecule has 0 amide bonds. The Morgan fingerprint density at radius 2 is 1.85 bits per heavy atom. The van der Waals surface area contributed by atoms with Gasteiger partial charge < -0.3 is 15.1 Å². The monoisotopic (exact) mass is 185 g/mol. The molecule has 3 nitrogen and oxygen atoms in total. The van der Waals surface area contributed by atoms with Gasteiger partial charge in [0.25, 0.3) is 0 Å². The van der Waals surface area contributed by atoms with Gasteiger partial charge in [0.1, 0.15) is 0 Å². The predicted octanol–water partition coefficient (Wildman–Crippen LogP) is 0.0893. The third-order valence-electron chi connectivity index (χ3n) is 2.58. The molecule has 0 aliphatic carbocycles. The summed E-state index contributed by atoms with van der Waals surface area (Å²) in [6, 6.07) is 0. The van der Waals surface area contributed by atoms with Crippen molar-refractivity contribution in [2.45, 2.75) is 6.42 Å². The minimum Gasteiger partial charge on any atom is -0.316 e. The van der Waals surface area contributed by atoms with Gasteiger partial charge in [-0.05, 0) is 46.6 Å². The molecule has 1 N–H and O–H groups in total. The lowest BCUT2D eigenvalue weighted by Crippen LogP contribution is -2.47. The minimum atomic E-state index is 0.907. The van der Waals surface area contributed by atoms with E-state index in [9.17, 15) is 0 Å². The summed E-state index contributed by atoms with van der Waals surface area (Å²) in [5.41, 5.74) is 0. The topological polar surface area (TPSA) is 18.5 Å². The molecular formula is C10H23N3. The van der Waals surface area contributed by atoms with Crippen molar-refractivity contribution in [1.29, 1.82) is 0 Å². The maximum Gasteiger partial charge on any atom is 0.00309 e. The van der Waals surface area contributed by atoms with Gasteiger partial charge in [-0.15, -0.1) is 0 Å². The predicted molar refractivity (Wildman–Crippen MR) is 57.0 cm³/mol. The molecule has 1 aliphatic rings. The van der Waals surface area contributed by atoms with Crippen LogP contribution in [0.1, 0.15) is 6.42 Å². The van der Waals surface area contributed by atoms with Crippen LogP contribution in [-0.2, 0) is 0 Å². The van der Waals surface area contributed by atoms with Crippen LogP contribution in [0.4, 0.5) is 0 Å². The van der Waals surface area contributed by atoms with E-state index in [1.54, 1.807) is 0 Å². The third-order valence-corrected chi connectivity index (χ3v) is 2.58. The zero-order valence-electron chi connectivity index (χ0n) is 9.21. The molecule has 1 heterocycles. The van der Waals surface area contributed by atoms with E-state index in [0.29, 0.717) is 0 Å². The zero-order valence-corrected chi connectivity index (χ0v) is 9.21. The van der Waals surface area contributed by atoms with E-state index in [1.807, 2.05) is 0 Å². The first-order valence-electron chi connectivity index (χ1n) is 5.22. The quantitative estimate of drug-likeness (QED) is 0.633. The van der Waals surface area contributed by atoms with Crippen LogP contribution >= 0.6 is 0 Å². The van der Waals surface area contributed by atoms with Crippen molar-refractivity contribution >= 4 is 0 Å². The summed E-state index contributed by atoms with van der Waals surface area (Å²) in [6.45, 7) is 6.14. The van der Waals surface area contributed by atoms with Crippen LogP contribution in [0, 0.1) is 5.92 Å². The molecule has 1 aliphatic heterocycles. The highest BCUT2D eigenvalue weighted by Crippen LogP contribution is 2.04. The normalized spacial score (nSPS) is 18.2. The Hall–Kier alpha value is -0.120. The largest absolute Gasteiger partial charge is 0.316 e. The van der Waals surface area contributed by atoms with Crippen molar-refractivity contribution < 1.29 is 0 Å². The number of hydrogen-bond acceptors (Lipinski definition) is 3. The van der Waals surface area contributed by atoms with Crippen molar-refractivity contribution in [2.24, 2.45) is 5.92 Å². The SMILES string of the molecule is CN(C)CCCN(C)CC1CNC1.